The van der Waals surface area contributed by atoms with Crippen LogP contribution in [0.5, 0.6) is 0 Å². The third kappa shape index (κ3) is 4.27. The van der Waals surface area contributed by atoms with Crippen LogP contribution in [0.2, 0.25) is 0 Å². The average Bonchev–Trinajstić information content (AvgIpc) is 3.46. The maximum atomic E-state index is 13.0. The van der Waals surface area contributed by atoms with E-state index in [0.717, 1.165) is 43.0 Å². The van der Waals surface area contributed by atoms with Crippen LogP contribution in [0.15, 0.2) is 58.4 Å². The summed E-state index contributed by atoms with van der Waals surface area (Å²) < 4.78 is 29.7. The van der Waals surface area contributed by atoms with Gasteiger partial charge in [-0.05, 0) is 48.6 Å². The third-order valence-electron chi connectivity index (χ3n) is 5.29. The molecule has 1 N–H and O–H groups in total. The molecule has 9 heteroatoms. The number of carbonyl (C=O) groups is 1. The topological polar surface area (TPSA) is 84.3 Å². The van der Waals surface area contributed by atoms with Crippen LogP contribution in [0.1, 0.15) is 42.0 Å². The standard InChI is InChI=1S/C21H24N4O3S2/c1-2-19-22-11-13-25(19)18-5-3-12-24(15-18)21(26)16-7-9-17(10-8-16)23-30(27,28)20-6-4-14-29-20/h4,6-11,13-14,18,23H,2-3,5,12,15H2,1H3. The van der Waals surface area contributed by atoms with Crippen molar-refractivity contribution in [2.45, 2.75) is 36.4 Å². The number of nitrogens with zero attached hydrogens (tertiary/aromatic N) is 3. The number of nitrogens with one attached hydrogen (secondary N) is 1. The maximum Gasteiger partial charge on any atom is 0.271 e. The van der Waals surface area contributed by atoms with Gasteiger partial charge in [0.25, 0.3) is 15.9 Å². The maximum absolute atomic E-state index is 13.0. The first kappa shape index (κ1) is 20.6. The highest BCUT2D eigenvalue weighted by molar-refractivity contribution is 7.94. The van der Waals surface area contributed by atoms with E-state index in [1.807, 2.05) is 17.3 Å². The van der Waals surface area contributed by atoms with Crippen molar-refractivity contribution in [3.05, 3.63) is 65.6 Å². The second kappa shape index (κ2) is 8.61. The zero-order chi connectivity index (χ0) is 21.1. The predicted molar refractivity (Wildman–Crippen MR) is 117 cm³/mol. The van der Waals surface area contributed by atoms with E-state index < -0.39 is 10.0 Å². The van der Waals surface area contributed by atoms with Crippen LogP contribution in [0.25, 0.3) is 0 Å². The van der Waals surface area contributed by atoms with Gasteiger partial charge in [-0.25, -0.2) is 13.4 Å². The quantitative estimate of drug-likeness (QED) is 0.627. The van der Waals surface area contributed by atoms with Crippen LogP contribution < -0.4 is 4.72 Å². The van der Waals surface area contributed by atoms with Gasteiger partial charge in [-0.2, -0.15) is 0 Å². The molecule has 1 unspecified atom stereocenters. The summed E-state index contributed by atoms with van der Waals surface area (Å²) in [5.41, 5.74) is 0.985. The predicted octanol–water partition coefficient (Wildman–Crippen LogP) is 3.79. The molecule has 0 radical (unpaired) electrons. The van der Waals surface area contributed by atoms with E-state index in [2.05, 4.69) is 21.2 Å². The Hall–Kier alpha value is -2.65. The van der Waals surface area contributed by atoms with Crippen molar-refractivity contribution in [1.29, 1.82) is 0 Å². The summed E-state index contributed by atoms with van der Waals surface area (Å²) in [5.74, 6) is 1.00. The lowest BCUT2D eigenvalue weighted by molar-refractivity contribution is 0.0678. The Morgan fingerprint density at radius 2 is 2.07 bits per heavy atom. The third-order valence-corrected chi connectivity index (χ3v) is 8.06. The number of likely N-dealkylation sites (tertiary alicyclic amines) is 1. The minimum absolute atomic E-state index is 0.0365. The number of aromatic nitrogens is 2. The second-order valence-electron chi connectivity index (χ2n) is 7.27. The lowest BCUT2D eigenvalue weighted by Crippen LogP contribution is -2.40. The molecule has 1 amide bonds. The van der Waals surface area contributed by atoms with E-state index in [1.165, 1.54) is 0 Å². The normalized spacial score (nSPS) is 17.1. The number of rotatable bonds is 6. The van der Waals surface area contributed by atoms with Gasteiger partial charge in [0, 0.05) is 43.2 Å². The Labute approximate surface area is 180 Å². The van der Waals surface area contributed by atoms with Gasteiger partial charge in [-0.1, -0.05) is 13.0 Å². The number of hydrogen-bond acceptors (Lipinski definition) is 5. The number of benzene rings is 1. The Morgan fingerprint density at radius 3 is 2.77 bits per heavy atom. The van der Waals surface area contributed by atoms with Crippen LogP contribution in [0.3, 0.4) is 0 Å². The van der Waals surface area contributed by atoms with Gasteiger partial charge in [0.15, 0.2) is 0 Å². The molecule has 0 spiro atoms. The van der Waals surface area contributed by atoms with Gasteiger partial charge in [-0.3, -0.25) is 9.52 Å². The number of imidazole rings is 1. The fraction of sp³-hybridized carbons (Fsp3) is 0.333. The Kier molecular flexibility index (Phi) is 5.92. The van der Waals surface area contributed by atoms with E-state index >= 15 is 0 Å². The van der Waals surface area contributed by atoms with Crippen molar-refractivity contribution in [3.8, 4) is 0 Å². The van der Waals surface area contributed by atoms with Crippen molar-refractivity contribution >= 4 is 33.0 Å². The fourth-order valence-corrected chi connectivity index (χ4v) is 5.85. The molecule has 30 heavy (non-hydrogen) atoms. The van der Waals surface area contributed by atoms with Crippen LogP contribution in [0, 0.1) is 0 Å². The monoisotopic (exact) mass is 444 g/mol. The molecule has 3 heterocycles. The first-order valence-electron chi connectivity index (χ1n) is 9.95. The van der Waals surface area contributed by atoms with Gasteiger partial charge in [0.1, 0.15) is 10.0 Å². The minimum atomic E-state index is -3.60. The summed E-state index contributed by atoms with van der Waals surface area (Å²) >= 11 is 1.16. The zero-order valence-corrected chi connectivity index (χ0v) is 18.3. The number of aryl methyl sites for hydroxylation is 1. The van der Waals surface area contributed by atoms with Crippen LogP contribution in [-0.2, 0) is 16.4 Å². The van der Waals surface area contributed by atoms with Gasteiger partial charge in [0.05, 0.1) is 6.04 Å². The number of carbonyl (C=O) groups excluding carboxylic acids is 1. The van der Waals surface area contributed by atoms with Gasteiger partial charge in [0.2, 0.25) is 0 Å². The average molecular weight is 445 g/mol. The molecule has 1 aromatic carbocycles. The van der Waals surface area contributed by atoms with Crippen molar-refractivity contribution < 1.29 is 13.2 Å². The summed E-state index contributed by atoms with van der Waals surface area (Å²) in [7, 11) is -3.60. The van der Waals surface area contributed by atoms with E-state index in [4.69, 9.17) is 0 Å². The van der Waals surface area contributed by atoms with Crippen LogP contribution >= 0.6 is 11.3 Å². The molecular formula is C21H24N4O3S2. The second-order valence-corrected chi connectivity index (χ2v) is 10.1. The van der Waals surface area contributed by atoms with Gasteiger partial charge >= 0.3 is 0 Å². The molecule has 2 aromatic heterocycles. The SMILES string of the molecule is CCc1nccn1C1CCCN(C(=O)c2ccc(NS(=O)(=O)c3cccs3)cc2)C1. The lowest BCUT2D eigenvalue weighted by Gasteiger charge is -2.34. The molecule has 1 fully saturated rings. The van der Waals surface area contributed by atoms with E-state index in [0.29, 0.717) is 17.8 Å². The van der Waals surface area contributed by atoms with Crippen LogP contribution in [0.4, 0.5) is 5.69 Å². The highest BCUT2D eigenvalue weighted by atomic mass is 32.2. The number of piperidine rings is 1. The first-order valence-corrected chi connectivity index (χ1v) is 12.3. The molecule has 1 atom stereocenters. The summed E-state index contributed by atoms with van der Waals surface area (Å²) in [4.78, 5) is 19.3. The largest absolute Gasteiger partial charge is 0.337 e. The minimum Gasteiger partial charge on any atom is -0.337 e. The first-order chi connectivity index (χ1) is 14.5. The smallest absolute Gasteiger partial charge is 0.271 e. The van der Waals surface area contributed by atoms with Crippen molar-refractivity contribution in [3.63, 3.8) is 0 Å². The number of sulfonamides is 1. The molecule has 1 saturated heterocycles. The number of thiophene rings is 1. The highest BCUT2D eigenvalue weighted by Crippen LogP contribution is 2.25. The number of amides is 1. The molecule has 0 bridgehead atoms. The Bertz CT molecular complexity index is 1110. The zero-order valence-electron chi connectivity index (χ0n) is 16.7. The summed E-state index contributed by atoms with van der Waals surface area (Å²) in [5, 5.41) is 1.72. The molecule has 1 aliphatic rings. The molecular weight excluding hydrogens is 420 g/mol. The number of anilines is 1. The van der Waals surface area contributed by atoms with Crippen molar-refractivity contribution in [1.82, 2.24) is 14.5 Å². The fourth-order valence-electron chi connectivity index (χ4n) is 3.80. The van der Waals surface area contributed by atoms with E-state index in [9.17, 15) is 13.2 Å². The molecule has 158 valence electrons. The highest BCUT2D eigenvalue weighted by Gasteiger charge is 2.26. The van der Waals surface area contributed by atoms with Crippen LogP contribution in [-0.4, -0.2) is 41.9 Å². The summed E-state index contributed by atoms with van der Waals surface area (Å²) in [6, 6.07) is 10.1. The van der Waals surface area contributed by atoms with Gasteiger partial charge in [-0.15, -0.1) is 11.3 Å². The molecule has 1 aliphatic heterocycles. The Morgan fingerprint density at radius 1 is 1.27 bits per heavy atom. The van der Waals surface area contributed by atoms with Crippen molar-refractivity contribution in [2.75, 3.05) is 17.8 Å². The van der Waals surface area contributed by atoms with E-state index in [-0.39, 0.29) is 16.2 Å². The Balaban J connectivity index is 1.44. The molecule has 3 aromatic rings. The molecule has 4 rings (SSSR count). The molecule has 0 saturated carbocycles. The summed E-state index contributed by atoms with van der Waals surface area (Å²) in [6.45, 7) is 3.45. The summed E-state index contributed by atoms with van der Waals surface area (Å²) in [6.07, 6.45) is 6.63. The van der Waals surface area contributed by atoms with Crippen molar-refractivity contribution in [2.24, 2.45) is 0 Å². The van der Waals surface area contributed by atoms with E-state index in [1.54, 1.807) is 41.8 Å². The van der Waals surface area contributed by atoms with Gasteiger partial charge < -0.3 is 9.47 Å². The lowest BCUT2D eigenvalue weighted by atomic mass is 10.0. The number of hydrogen-bond donors (Lipinski definition) is 1. The molecule has 0 aliphatic carbocycles. The molecule has 7 nitrogen and oxygen atoms in total.